The molecule has 7 heteroatoms. The minimum absolute atomic E-state index is 0.0937. The molecule has 0 fully saturated rings. The summed E-state index contributed by atoms with van der Waals surface area (Å²) in [4.78, 5) is 4.41. The van der Waals surface area contributed by atoms with Crippen molar-refractivity contribution in [3.63, 3.8) is 0 Å². The Morgan fingerprint density at radius 3 is 2.73 bits per heavy atom. The Morgan fingerprint density at radius 1 is 1.23 bits per heavy atom. The van der Waals surface area contributed by atoms with Gasteiger partial charge in [0.1, 0.15) is 17.7 Å². The Balaban J connectivity index is 1.90. The quantitative estimate of drug-likeness (QED) is 0.717. The monoisotopic (exact) mass is 314 g/mol. The molecule has 0 aliphatic heterocycles. The average Bonchev–Trinajstić information content (AvgIpc) is 2.90. The average molecular weight is 314 g/mol. The van der Waals surface area contributed by atoms with Crippen molar-refractivity contribution in [1.82, 2.24) is 14.8 Å². The number of phenols is 1. The summed E-state index contributed by atoms with van der Waals surface area (Å²) in [6.07, 6.45) is 1.45. The van der Waals surface area contributed by atoms with Crippen molar-refractivity contribution < 1.29 is 9.52 Å². The van der Waals surface area contributed by atoms with Crippen molar-refractivity contribution >= 4 is 18.0 Å². The lowest BCUT2D eigenvalue weighted by molar-refractivity contribution is 0.468. The summed E-state index contributed by atoms with van der Waals surface area (Å²) in [6.45, 7) is 1.89. The van der Waals surface area contributed by atoms with Gasteiger partial charge in [-0.1, -0.05) is 18.2 Å². The second kappa shape index (κ2) is 5.98. The number of hydrogen-bond acceptors (Lipinski definition) is 6. The van der Waals surface area contributed by atoms with E-state index in [1.807, 2.05) is 25.1 Å². The molecule has 0 amide bonds. The summed E-state index contributed by atoms with van der Waals surface area (Å²) in [5.74, 6) is 1.08. The third-order valence-electron chi connectivity index (χ3n) is 3.09. The Bertz CT molecular complexity index is 829. The fourth-order valence-corrected chi connectivity index (χ4v) is 2.30. The van der Waals surface area contributed by atoms with Gasteiger partial charge in [-0.25, -0.2) is 4.98 Å². The molecule has 2 aromatic heterocycles. The standard InChI is InChI=1S/C15H14N4O2S/c1-10(17-13-8-4-5-9-16-13)19-15(22)21-14(18-19)11-6-2-3-7-12(11)20/h2-10,20H,1H3,(H,16,17)/t10-/m0/s1. The van der Waals surface area contributed by atoms with E-state index in [0.29, 0.717) is 11.4 Å². The third kappa shape index (κ3) is 2.84. The molecule has 0 saturated heterocycles. The molecule has 1 atom stereocenters. The molecule has 0 radical (unpaired) electrons. The highest BCUT2D eigenvalue weighted by Gasteiger charge is 2.15. The van der Waals surface area contributed by atoms with Gasteiger partial charge in [-0.15, -0.1) is 5.10 Å². The SMILES string of the molecule is C[C@@H](Nc1ccccn1)n1nc(-c2ccccc2O)oc1=S. The molecular weight excluding hydrogens is 300 g/mol. The van der Waals surface area contributed by atoms with Crippen LogP contribution in [-0.2, 0) is 0 Å². The summed E-state index contributed by atoms with van der Waals surface area (Å²) in [6, 6.07) is 12.4. The topological polar surface area (TPSA) is 76.1 Å². The van der Waals surface area contributed by atoms with Crippen molar-refractivity contribution in [2.75, 3.05) is 5.32 Å². The lowest BCUT2D eigenvalue weighted by Crippen LogP contribution is -2.16. The van der Waals surface area contributed by atoms with Crippen LogP contribution in [0.2, 0.25) is 0 Å². The second-order valence-corrected chi connectivity index (χ2v) is 5.02. The number of nitrogens with one attached hydrogen (secondary N) is 1. The Morgan fingerprint density at radius 2 is 2.00 bits per heavy atom. The first-order chi connectivity index (χ1) is 10.6. The highest BCUT2D eigenvalue weighted by Crippen LogP contribution is 2.28. The van der Waals surface area contributed by atoms with Gasteiger partial charge in [-0.05, 0) is 43.4 Å². The molecular formula is C15H14N4O2S. The lowest BCUT2D eigenvalue weighted by atomic mass is 10.2. The largest absolute Gasteiger partial charge is 0.507 e. The van der Waals surface area contributed by atoms with E-state index in [2.05, 4.69) is 15.4 Å². The van der Waals surface area contributed by atoms with E-state index < -0.39 is 0 Å². The van der Waals surface area contributed by atoms with E-state index >= 15 is 0 Å². The van der Waals surface area contributed by atoms with Gasteiger partial charge in [0.15, 0.2) is 0 Å². The number of rotatable bonds is 4. The fourth-order valence-electron chi connectivity index (χ4n) is 2.02. The fraction of sp³-hybridized carbons (Fsp3) is 0.133. The van der Waals surface area contributed by atoms with Gasteiger partial charge in [0.2, 0.25) is 0 Å². The molecule has 3 aromatic rings. The van der Waals surface area contributed by atoms with Gasteiger partial charge in [-0.3, -0.25) is 0 Å². The number of aromatic nitrogens is 3. The van der Waals surface area contributed by atoms with E-state index in [9.17, 15) is 5.11 Å². The number of phenolic OH excluding ortho intramolecular Hbond substituents is 1. The molecule has 0 bridgehead atoms. The maximum absolute atomic E-state index is 9.87. The first-order valence-electron chi connectivity index (χ1n) is 6.71. The van der Waals surface area contributed by atoms with Crippen LogP contribution in [0.4, 0.5) is 5.82 Å². The molecule has 6 nitrogen and oxygen atoms in total. The van der Waals surface area contributed by atoms with Crippen LogP contribution in [0.3, 0.4) is 0 Å². The minimum Gasteiger partial charge on any atom is -0.507 e. The van der Waals surface area contributed by atoms with Gasteiger partial charge in [0.05, 0.1) is 5.56 Å². The molecule has 3 rings (SSSR count). The maximum Gasteiger partial charge on any atom is 0.289 e. The summed E-state index contributed by atoms with van der Waals surface area (Å²) >= 11 is 5.20. The van der Waals surface area contributed by atoms with E-state index in [4.69, 9.17) is 16.6 Å². The number of anilines is 1. The van der Waals surface area contributed by atoms with Crippen LogP contribution in [0.15, 0.2) is 53.1 Å². The first-order valence-corrected chi connectivity index (χ1v) is 7.11. The van der Waals surface area contributed by atoms with Crippen LogP contribution in [0.1, 0.15) is 13.1 Å². The van der Waals surface area contributed by atoms with Gasteiger partial charge < -0.3 is 14.8 Å². The van der Waals surface area contributed by atoms with Crippen LogP contribution in [0.5, 0.6) is 5.75 Å². The first kappa shape index (κ1) is 14.3. The van der Waals surface area contributed by atoms with Crippen molar-refractivity contribution in [1.29, 1.82) is 0 Å². The number of para-hydroxylation sites is 1. The van der Waals surface area contributed by atoms with Crippen molar-refractivity contribution in [2.45, 2.75) is 13.1 Å². The van der Waals surface area contributed by atoms with E-state index in [1.54, 1.807) is 30.5 Å². The molecule has 0 aliphatic carbocycles. The molecule has 0 spiro atoms. The van der Waals surface area contributed by atoms with Crippen LogP contribution in [0.25, 0.3) is 11.5 Å². The highest BCUT2D eigenvalue weighted by atomic mass is 32.1. The molecule has 0 unspecified atom stereocenters. The summed E-state index contributed by atoms with van der Waals surface area (Å²) in [5.41, 5.74) is 0.498. The Hall–Kier alpha value is -2.67. The van der Waals surface area contributed by atoms with E-state index in [0.717, 1.165) is 0 Å². The zero-order valence-corrected chi connectivity index (χ0v) is 12.6. The van der Waals surface area contributed by atoms with Crippen molar-refractivity contribution in [3.05, 3.63) is 53.5 Å². The molecule has 0 saturated carbocycles. The number of benzene rings is 1. The summed E-state index contributed by atoms with van der Waals surface area (Å²) in [7, 11) is 0. The predicted molar refractivity (Wildman–Crippen MR) is 85.0 cm³/mol. The molecule has 2 N–H and O–H groups in total. The summed E-state index contributed by atoms with van der Waals surface area (Å²) < 4.78 is 7.02. The molecule has 1 aromatic carbocycles. The lowest BCUT2D eigenvalue weighted by Gasteiger charge is -2.13. The Labute approximate surface area is 132 Å². The van der Waals surface area contributed by atoms with Crippen LogP contribution in [0, 0.1) is 4.84 Å². The highest BCUT2D eigenvalue weighted by molar-refractivity contribution is 7.71. The number of nitrogens with zero attached hydrogens (tertiary/aromatic N) is 3. The second-order valence-electron chi connectivity index (χ2n) is 4.67. The molecule has 2 heterocycles. The number of pyridine rings is 1. The number of hydrogen-bond donors (Lipinski definition) is 2. The number of aromatic hydroxyl groups is 1. The van der Waals surface area contributed by atoms with Gasteiger partial charge in [0, 0.05) is 6.20 Å². The Kier molecular flexibility index (Phi) is 3.88. The van der Waals surface area contributed by atoms with Crippen LogP contribution >= 0.6 is 12.2 Å². The van der Waals surface area contributed by atoms with Gasteiger partial charge >= 0.3 is 0 Å². The molecule has 112 valence electrons. The van der Waals surface area contributed by atoms with Crippen LogP contribution < -0.4 is 5.32 Å². The smallest absolute Gasteiger partial charge is 0.289 e. The predicted octanol–water partition coefficient (Wildman–Crippen LogP) is 3.60. The van der Waals surface area contributed by atoms with Crippen molar-refractivity contribution in [2.24, 2.45) is 0 Å². The molecule has 0 aliphatic rings. The zero-order chi connectivity index (χ0) is 15.5. The van der Waals surface area contributed by atoms with Gasteiger partial charge in [0.25, 0.3) is 10.7 Å². The molecule has 22 heavy (non-hydrogen) atoms. The zero-order valence-electron chi connectivity index (χ0n) is 11.8. The summed E-state index contributed by atoms with van der Waals surface area (Å²) in [5, 5.41) is 17.4. The normalized spacial score (nSPS) is 12.0. The van der Waals surface area contributed by atoms with E-state index in [-0.39, 0.29) is 22.6 Å². The van der Waals surface area contributed by atoms with Gasteiger partial charge in [-0.2, -0.15) is 4.68 Å². The minimum atomic E-state index is -0.245. The maximum atomic E-state index is 9.87. The van der Waals surface area contributed by atoms with Crippen LogP contribution in [-0.4, -0.2) is 19.9 Å². The third-order valence-corrected chi connectivity index (χ3v) is 3.36. The van der Waals surface area contributed by atoms with Crippen molar-refractivity contribution in [3.8, 4) is 17.2 Å². The van der Waals surface area contributed by atoms with E-state index in [1.165, 1.54) is 4.68 Å².